The smallest absolute Gasteiger partial charge is 0.330 e. The Labute approximate surface area is 248 Å². The summed E-state index contributed by atoms with van der Waals surface area (Å²) in [6, 6.07) is 25.0. The van der Waals surface area contributed by atoms with Crippen LogP contribution < -0.4 is 20.7 Å². The summed E-state index contributed by atoms with van der Waals surface area (Å²) in [5.74, 6) is 0.904. The summed E-state index contributed by atoms with van der Waals surface area (Å²) in [7, 11) is 3.22. The van der Waals surface area contributed by atoms with Gasteiger partial charge in [0.05, 0.1) is 20.8 Å². The van der Waals surface area contributed by atoms with Gasteiger partial charge in [0, 0.05) is 25.1 Å². The summed E-state index contributed by atoms with van der Waals surface area (Å²) in [5.41, 5.74) is 0.672. The normalized spacial score (nSPS) is 18.3. The van der Waals surface area contributed by atoms with Crippen molar-refractivity contribution in [3.63, 3.8) is 0 Å². The van der Waals surface area contributed by atoms with Crippen molar-refractivity contribution in [2.45, 2.75) is 44.3 Å². The van der Waals surface area contributed by atoms with Crippen LogP contribution in [0.4, 0.5) is 0 Å². The summed E-state index contributed by atoms with van der Waals surface area (Å²) in [4.78, 5) is 39.0. The monoisotopic (exact) mass is 586 g/mol. The molecule has 224 valence electrons. The number of esters is 1. The number of aryl methyl sites for hydroxylation is 1. The largest absolute Gasteiger partial charge is 0.497 e. The van der Waals surface area contributed by atoms with Crippen molar-refractivity contribution in [3.8, 4) is 11.5 Å². The van der Waals surface area contributed by atoms with Crippen LogP contribution >= 0.6 is 0 Å². The van der Waals surface area contributed by atoms with E-state index in [0.717, 1.165) is 16.7 Å². The molecule has 1 N–H and O–H groups in total. The Balaban J connectivity index is 1.58. The summed E-state index contributed by atoms with van der Waals surface area (Å²) >= 11 is 0. The molecule has 43 heavy (non-hydrogen) atoms. The van der Waals surface area contributed by atoms with Gasteiger partial charge in [-0.05, 0) is 47.9 Å². The zero-order valence-corrected chi connectivity index (χ0v) is 24.4. The van der Waals surface area contributed by atoms with Crippen molar-refractivity contribution < 1.29 is 28.5 Å². The molecule has 0 bridgehead atoms. The minimum absolute atomic E-state index is 0.00150. The Hall–Kier alpha value is -4.67. The van der Waals surface area contributed by atoms with E-state index in [9.17, 15) is 14.4 Å². The number of H-pyrrole nitrogens is 1. The lowest BCUT2D eigenvalue weighted by atomic mass is 9.80. The molecule has 1 aromatic heterocycles. The first-order valence-electron chi connectivity index (χ1n) is 13.9. The maximum atomic E-state index is 12.7. The number of nitrogens with zero attached hydrogens (tertiary/aromatic N) is 1. The van der Waals surface area contributed by atoms with Crippen LogP contribution in [-0.4, -0.2) is 48.6 Å². The van der Waals surface area contributed by atoms with E-state index in [2.05, 4.69) is 4.98 Å². The summed E-state index contributed by atoms with van der Waals surface area (Å²) in [6.45, 7) is 2.93. The molecule has 5 rings (SSSR count). The van der Waals surface area contributed by atoms with Crippen LogP contribution in [0.1, 0.15) is 41.8 Å². The van der Waals surface area contributed by atoms with Gasteiger partial charge in [0.25, 0.3) is 5.56 Å². The zero-order chi connectivity index (χ0) is 30.6. The Morgan fingerprint density at radius 2 is 1.47 bits per heavy atom. The van der Waals surface area contributed by atoms with Crippen LogP contribution in [0, 0.1) is 6.92 Å². The predicted octanol–water partition coefficient (Wildman–Crippen LogP) is 4.09. The van der Waals surface area contributed by atoms with E-state index in [4.69, 9.17) is 23.7 Å². The molecule has 0 saturated carbocycles. The maximum absolute atomic E-state index is 12.7. The molecule has 0 spiro atoms. The fourth-order valence-corrected chi connectivity index (χ4v) is 5.44. The first-order valence-corrected chi connectivity index (χ1v) is 13.9. The second-order valence-corrected chi connectivity index (χ2v) is 10.3. The standard InChI is InChI=1S/C33H34N2O8/c1-21-19-35(32(38)34-31(21)37)30-18-28(42-22(2)36)29(43-30)20-41-33(23-8-6-5-7-9-23,24-10-14-26(39-3)15-11-24)25-12-16-27(40-4)17-13-25/h5-17,19,28-30H,18,20H2,1-4H3,(H,34,37,38)/t28-,29+,30+/m0/s1. The molecule has 0 unspecified atom stereocenters. The summed E-state index contributed by atoms with van der Waals surface area (Å²) in [6.07, 6.45) is -0.575. The second kappa shape index (κ2) is 12.7. The SMILES string of the molecule is COc1ccc(C(OC[C@H]2O[C@@H](n3cc(C)c(=O)[nH]c3=O)C[C@@H]2OC(C)=O)(c2ccccc2)c2ccc(OC)cc2)cc1. The number of carbonyl (C=O) groups excluding carboxylic acids is 1. The van der Waals surface area contributed by atoms with E-state index in [1.165, 1.54) is 17.7 Å². The average Bonchev–Trinajstić information content (AvgIpc) is 3.41. The van der Waals surface area contributed by atoms with Crippen LogP contribution in [0.5, 0.6) is 11.5 Å². The Morgan fingerprint density at radius 1 is 0.907 bits per heavy atom. The topological polar surface area (TPSA) is 118 Å². The van der Waals surface area contributed by atoms with E-state index in [1.54, 1.807) is 21.1 Å². The number of nitrogens with one attached hydrogen (secondary N) is 1. The lowest BCUT2D eigenvalue weighted by Gasteiger charge is -2.37. The van der Waals surface area contributed by atoms with E-state index < -0.39 is 41.3 Å². The van der Waals surface area contributed by atoms with Gasteiger partial charge in [-0.2, -0.15) is 0 Å². The summed E-state index contributed by atoms with van der Waals surface area (Å²) < 4.78 is 31.1. The van der Waals surface area contributed by atoms with Crippen LogP contribution in [0.15, 0.2) is 94.6 Å². The molecular formula is C33H34N2O8. The maximum Gasteiger partial charge on any atom is 0.330 e. The molecule has 1 aliphatic rings. The van der Waals surface area contributed by atoms with Crippen molar-refractivity contribution in [1.82, 2.24) is 9.55 Å². The number of aromatic amines is 1. The molecule has 10 nitrogen and oxygen atoms in total. The summed E-state index contributed by atoms with van der Waals surface area (Å²) in [5, 5.41) is 0. The van der Waals surface area contributed by atoms with E-state index in [0.29, 0.717) is 17.1 Å². The average molecular weight is 587 g/mol. The second-order valence-electron chi connectivity index (χ2n) is 10.3. The molecule has 1 aliphatic heterocycles. The van der Waals surface area contributed by atoms with Gasteiger partial charge in [-0.15, -0.1) is 0 Å². The van der Waals surface area contributed by atoms with Crippen LogP contribution in [0.25, 0.3) is 0 Å². The zero-order valence-electron chi connectivity index (χ0n) is 24.4. The molecule has 0 amide bonds. The number of carbonyl (C=O) groups is 1. The molecule has 1 saturated heterocycles. The number of hydrogen-bond donors (Lipinski definition) is 1. The van der Waals surface area contributed by atoms with E-state index in [1.807, 2.05) is 78.9 Å². The third-order valence-corrected chi connectivity index (χ3v) is 7.59. The lowest BCUT2D eigenvalue weighted by Crippen LogP contribution is -2.39. The highest BCUT2D eigenvalue weighted by atomic mass is 16.6. The molecule has 3 atom stereocenters. The number of aromatic nitrogens is 2. The number of rotatable bonds is 10. The van der Waals surface area contributed by atoms with Gasteiger partial charge in [0.2, 0.25) is 0 Å². The number of ether oxygens (including phenoxy) is 5. The predicted molar refractivity (Wildman–Crippen MR) is 158 cm³/mol. The molecular weight excluding hydrogens is 552 g/mol. The number of hydrogen-bond acceptors (Lipinski definition) is 8. The molecule has 10 heteroatoms. The van der Waals surface area contributed by atoms with Gasteiger partial charge in [-0.25, -0.2) is 4.79 Å². The fourth-order valence-electron chi connectivity index (χ4n) is 5.44. The van der Waals surface area contributed by atoms with Gasteiger partial charge in [-0.3, -0.25) is 19.1 Å². The highest BCUT2D eigenvalue weighted by Crippen LogP contribution is 2.43. The third-order valence-electron chi connectivity index (χ3n) is 7.59. The van der Waals surface area contributed by atoms with Crippen LogP contribution in [0.3, 0.4) is 0 Å². The number of benzene rings is 3. The molecule has 0 radical (unpaired) electrons. The first-order chi connectivity index (χ1) is 20.7. The van der Waals surface area contributed by atoms with E-state index in [-0.39, 0.29) is 13.0 Å². The third kappa shape index (κ3) is 6.11. The van der Waals surface area contributed by atoms with Crippen LogP contribution in [0.2, 0.25) is 0 Å². The van der Waals surface area contributed by atoms with E-state index >= 15 is 0 Å². The van der Waals surface area contributed by atoms with Crippen LogP contribution in [-0.2, 0) is 24.6 Å². The van der Waals surface area contributed by atoms with Gasteiger partial charge in [-0.1, -0.05) is 54.6 Å². The van der Waals surface area contributed by atoms with Gasteiger partial charge in [0.15, 0.2) is 0 Å². The molecule has 0 aliphatic carbocycles. The minimum Gasteiger partial charge on any atom is -0.497 e. The first kappa shape index (κ1) is 29.8. The van der Waals surface area contributed by atoms with Crippen molar-refractivity contribution in [3.05, 3.63) is 128 Å². The Morgan fingerprint density at radius 3 is 2.00 bits per heavy atom. The van der Waals surface area contributed by atoms with Crippen molar-refractivity contribution in [2.24, 2.45) is 0 Å². The number of methoxy groups -OCH3 is 2. The van der Waals surface area contributed by atoms with Crippen molar-refractivity contribution in [2.75, 3.05) is 20.8 Å². The van der Waals surface area contributed by atoms with Crippen molar-refractivity contribution >= 4 is 5.97 Å². The fraction of sp³-hybridized carbons (Fsp3) is 0.303. The lowest BCUT2D eigenvalue weighted by molar-refractivity contribution is -0.153. The molecule has 3 aromatic carbocycles. The van der Waals surface area contributed by atoms with Gasteiger partial charge >= 0.3 is 11.7 Å². The van der Waals surface area contributed by atoms with Gasteiger partial charge in [0.1, 0.15) is 35.5 Å². The Kier molecular flexibility index (Phi) is 8.79. The quantitative estimate of drug-likeness (QED) is 0.218. The van der Waals surface area contributed by atoms with Crippen molar-refractivity contribution in [1.29, 1.82) is 0 Å². The highest BCUT2D eigenvalue weighted by Gasteiger charge is 2.43. The molecule has 1 fully saturated rings. The van der Waals surface area contributed by atoms with Gasteiger partial charge < -0.3 is 23.7 Å². The molecule has 2 heterocycles. The Bertz CT molecular complexity index is 1620. The highest BCUT2D eigenvalue weighted by molar-refractivity contribution is 5.66. The minimum atomic E-state index is -1.12. The molecule has 4 aromatic rings.